The lowest BCUT2D eigenvalue weighted by Gasteiger charge is -2.19. The number of halogens is 2. The summed E-state index contributed by atoms with van der Waals surface area (Å²) in [5, 5.41) is 10.2. The number of benzene rings is 2. The highest BCUT2D eigenvalue weighted by Gasteiger charge is 2.23. The van der Waals surface area contributed by atoms with E-state index in [4.69, 9.17) is 39.6 Å². The molecule has 0 aliphatic heterocycles. The smallest absolute Gasteiger partial charge is 0.303 e. The Hall–Kier alpha value is -2.81. The van der Waals surface area contributed by atoms with Gasteiger partial charge in [-0.25, -0.2) is 5.84 Å². The number of rotatable bonds is 5. The van der Waals surface area contributed by atoms with Crippen LogP contribution in [0.15, 0.2) is 41.5 Å². The molecule has 10 heteroatoms. The van der Waals surface area contributed by atoms with Gasteiger partial charge >= 0.3 is 5.97 Å². The molecule has 0 saturated carbocycles. The van der Waals surface area contributed by atoms with Crippen LogP contribution < -0.4 is 17.1 Å². The van der Waals surface area contributed by atoms with Crippen molar-refractivity contribution in [3.8, 4) is 0 Å². The predicted molar refractivity (Wildman–Crippen MR) is 113 cm³/mol. The van der Waals surface area contributed by atoms with Crippen LogP contribution in [-0.4, -0.2) is 21.6 Å². The number of amidine groups is 1. The minimum Gasteiger partial charge on any atom is -0.449 e. The van der Waals surface area contributed by atoms with Crippen molar-refractivity contribution < 1.29 is 9.53 Å². The summed E-state index contributed by atoms with van der Waals surface area (Å²) >= 11 is 12.6. The first-order valence-electron chi connectivity index (χ1n) is 8.67. The molecule has 29 heavy (non-hydrogen) atoms. The minimum absolute atomic E-state index is 0.108. The lowest BCUT2D eigenvalue weighted by molar-refractivity contribution is -0.143. The SMILES string of the molecule is CC(=O)OC(/C(=N/N)NN)c1ccc2c(C)nn(Cc3c(Cl)cccc3Cl)c2c1. The number of hydrazine groups is 1. The number of esters is 1. The molecule has 1 unspecified atom stereocenters. The van der Waals surface area contributed by atoms with Crippen LogP contribution in [0.5, 0.6) is 0 Å². The van der Waals surface area contributed by atoms with Crippen LogP contribution in [0.3, 0.4) is 0 Å². The zero-order valence-corrected chi connectivity index (χ0v) is 17.3. The molecular formula is C19H20Cl2N6O2. The van der Waals surface area contributed by atoms with Gasteiger partial charge in [-0.3, -0.25) is 9.48 Å². The van der Waals surface area contributed by atoms with E-state index in [2.05, 4.69) is 15.6 Å². The fraction of sp³-hybridized carbons (Fsp3) is 0.211. The summed E-state index contributed by atoms with van der Waals surface area (Å²) in [7, 11) is 0. The second-order valence-electron chi connectivity index (χ2n) is 6.37. The largest absolute Gasteiger partial charge is 0.449 e. The van der Waals surface area contributed by atoms with Gasteiger partial charge in [0.1, 0.15) is 0 Å². The average Bonchev–Trinajstić information content (AvgIpc) is 2.99. The molecule has 0 aliphatic carbocycles. The number of carbonyl (C=O) groups excluding carboxylic acids is 1. The Morgan fingerprint density at radius 2 is 2.00 bits per heavy atom. The molecule has 0 bridgehead atoms. The molecule has 2 aromatic carbocycles. The number of aromatic nitrogens is 2. The van der Waals surface area contributed by atoms with Crippen molar-refractivity contribution in [3.05, 3.63) is 63.3 Å². The van der Waals surface area contributed by atoms with E-state index in [0.29, 0.717) is 22.2 Å². The molecule has 0 fully saturated rings. The number of nitrogens with two attached hydrogens (primary N) is 2. The maximum absolute atomic E-state index is 11.6. The van der Waals surface area contributed by atoms with Crippen LogP contribution in [0.2, 0.25) is 10.0 Å². The molecule has 3 rings (SSSR count). The van der Waals surface area contributed by atoms with Gasteiger partial charge in [0.25, 0.3) is 0 Å². The molecule has 8 nitrogen and oxygen atoms in total. The van der Waals surface area contributed by atoms with E-state index in [-0.39, 0.29) is 5.84 Å². The fourth-order valence-corrected chi connectivity index (χ4v) is 3.62. The topological polar surface area (TPSA) is 121 Å². The first-order valence-corrected chi connectivity index (χ1v) is 9.42. The van der Waals surface area contributed by atoms with Gasteiger partial charge in [0, 0.05) is 33.5 Å². The first-order chi connectivity index (χ1) is 13.8. The van der Waals surface area contributed by atoms with Crippen LogP contribution in [0, 0.1) is 6.92 Å². The summed E-state index contributed by atoms with van der Waals surface area (Å²) in [6, 6.07) is 10.9. The van der Waals surface area contributed by atoms with Crippen LogP contribution in [0.4, 0.5) is 0 Å². The lowest BCUT2D eigenvalue weighted by Crippen LogP contribution is -2.37. The van der Waals surface area contributed by atoms with Crippen LogP contribution >= 0.6 is 23.2 Å². The zero-order chi connectivity index (χ0) is 21.1. The highest BCUT2D eigenvalue weighted by molar-refractivity contribution is 6.36. The summed E-state index contributed by atoms with van der Waals surface area (Å²) < 4.78 is 7.16. The summed E-state index contributed by atoms with van der Waals surface area (Å²) in [6.07, 6.45) is -0.889. The molecule has 5 N–H and O–H groups in total. The zero-order valence-electron chi connectivity index (χ0n) is 15.8. The molecule has 0 spiro atoms. The van der Waals surface area contributed by atoms with Crippen LogP contribution in [0.1, 0.15) is 29.8 Å². The van der Waals surface area contributed by atoms with Gasteiger partial charge in [-0.1, -0.05) is 41.4 Å². The molecule has 0 aliphatic rings. The Bertz CT molecular complexity index is 1080. The number of aryl methyl sites for hydroxylation is 1. The van der Waals surface area contributed by atoms with Gasteiger partial charge in [0.15, 0.2) is 11.9 Å². The van der Waals surface area contributed by atoms with Gasteiger partial charge in [-0.05, 0) is 25.1 Å². The fourth-order valence-electron chi connectivity index (χ4n) is 3.10. The Kier molecular flexibility index (Phi) is 6.26. The van der Waals surface area contributed by atoms with Crippen molar-refractivity contribution in [2.75, 3.05) is 0 Å². The van der Waals surface area contributed by atoms with Crippen molar-refractivity contribution in [3.63, 3.8) is 0 Å². The van der Waals surface area contributed by atoms with Gasteiger partial charge < -0.3 is 16.0 Å². The maximum Gasteiger partial charge on any atom is 0.303 e. The summed E-state index contributed by atoms with van der Waals surface area (Å²) in [5.41, 5.74) is 5.40. The Labute approximate surface area is 177 Å². The summed E-state index contributed by atoms with van der Waals surface area (Å²) in [6.45, 7) is 3.58. The quantitative estimate of drug-likeness (QED) is 0.186. The van der Waals surface area contributed by atoms with E-state index in [1.54, 1.807) is 28.9 Å². The van der Waals surface area contributed by atoms with E-state index >= 15 is 0 Å². The van der Waals surface area contributed by atoms with Gasteiger partial charge in [0.2, 0.25) is 0 Å². The third-order valence-corrected chi connectivity index (χ3v) is 5.16. The van der Waals surface area contributed by atoms with E-state index in [9.17, 15) is 4.79 Å². The molecule has 1 aromatic heterocycles. The highest BCUT2D eigenvalue weighted by atomic mass is 35.5. The van der Waals surface area contributed by atoms with Crippen molar-refractivity contribution >= 4 is 45.9 Å². The van der Waals surface area contributed by atoms with Crippen molar-refractivity contribution in [1.29, 1.82) is 0 Å². The van der Waals surface area contributed by atoms with Gasteiger partial charge in [-0.2, -0.15) is 10.2 Å². The molecule has 152 valence electrons. The number of carbonyl (C=O) groups is 1. The molecule has 0 saturated heterocycles. The number of hydrogen-bond donors (Lipinski definition) is 3. The van der Waals surface area contributed by atoms with E-state index in [1.165, 1.54) is 6.92 Å². The van der Waals surface area contributed by atoms with Crippen molar-refractivity contribution in [2.45, 2.75) is 26.5 Å². The van der Waals surface area contributed by atoms with Crippen LogP contribution in [0.25, 0.3) is 10.9 Å². The van der Waals surface area contributed by atoms with Crippen molar-refractivity contribution in [2.24, 2.45) is 16.8 Å². The van der Waals surface area contributed by atoms with Crippen LogP contribution in [-0.2, 0) is 16.1 Å². The number of fused-ring (bicyclic) bond motifs is 1. The summed E-state index contributed by atoms with van der Waals surface area (Å²) in [4.78, 5) is 11.6. The number of hydrogen-bond acceptors (Lipinski definition) is 6. The molecule has 0 amide bonds. The summed E-state index contributed by atoms with van der Waals surface area (Å²) in [5.74, 6) is 10.5. The maximum atomic E-state index is 11.6. The number of hydrazone groups is 1. The molecular weight excluding hydrogens is 415 g/mol. The average molecular weight is 435 g/mol. The number of ether oxygens (including phenoxy) is 1. The van der Waals surface area contributed by atoms with E-state index in [1.807, 2.05) is 19.1 Å². The normalized spacial score (nSPS) is 12.8. The standard InChI is InChI=1S/C19H20Cl2N6O2/c1-10-13-7-6-12(18(29-11(2)28)19(24-22)25-23)8-17(13)27(26-10)9-14-15(20)4-3-5-16(14)21/h3-8,18H,9,22-23H2,1-2H3,(H,24,25). The third kappa shape index (κ3) is 4.29. The molecule has 1 heterocycles. The Morgan fingerprint density at radius 1 is 1.31 bits per heavy atom. The first kappa shape index (κ1) is 20.9. The minimum atomic E-state index is -0.889. The predicted octanol–water partition coefficient (Wildman–Crippen LogP) is 3.04. The number of nitrogens with zero attached hydrogens (tertiary/aromatic N) is 3. The molecule has 3 aromatic rings. The Morgan fingerprint density at radius 3 is 2.59 bits per heavy atom. The van der Waals surface area contributed by atoms with E-state index in [0.717, 1.165) is 22.2 Å². The van der Waals surface area contributed by atoms with Gasteiger partial charge in [-0.15, -0.1) is 0 Å². The second-order valence-corrected chi connectivity index (χ2v) is 7.18. The molecule has 1 atom stereocenters. The third-order valence-electron chi connectivity index (χ3n) is 4.45. The monoisotopic (exact) mass is 434 g/mol. The Balaban J connectivity index is 2.11. The second kappa shape index (κ2) is 8.69. The number of nitrogens with one attached hydrogen (secondary N) is 1. The highest BCUT2D eigenvalue weighted by Crippen LogP contribution is 2.29. The van der Waals surface area contributed by atoms with Gasteiger partial charge in [0.05, 0.1) is 17.8 Å². The molecule has 0 radical (unpaired) electrons. The van der Waals surface area contributed by atoms with Crippen molar-refractivity contribution in [1.82, 2.24) is 15.2 Å². The lowest BCUT2D eigenvalue weighted by atomic mass is 10.1. The van der Waals surface area contributed by atoms with E-state index < -0.39 is 12.1 Å².